The van der Waals surface area contributed by atoms with Crippen LogP contribution in [0.3, 0.4) is 0 Å². The molecule has 1 N–H and O–H groups in total. The molecule has 1 aromatic carbocycles. The molecular formula is C16H20ClNO. The molecule has 0 amide bonds. The van der Waals surface area contributed by atoms with E-state index in [1.807, 2.05) is 26.8 Å². The first-order valence-electron chi connectivity index (χ1n) is 6.59. The van der Waals surface area contributed by atoms with Gasteiger partial charge in [0.05, 0.1) is 6.04 Å². The highest BCUT2D eigenvalue weighted by Gasteiger charge is 2.18. The Morgan fingerprint density at radius 2 is 1.95 bits per heavy atom. The number of furan rings is 1. The SMILES string of the molecule is CCNC(c1ccc(C)c(Cl)c1)c1cc(C)oc1C. The molecule has 2 rings (SSSR count). The summed E-state index contributed by atoms with van der Waals surface area (Å²) >= 11 is 6.24. The van der Waals surface area contributed by atoms with Crippen molar-refractivity contribution in [3.05, 3.63) is 57.5 Å². The lowest BCUT2D eigenvalue weighted by Gasteiger charge is -2.18. The van der Waals surface area contributed by atoms with Gasteiger partial charge in [0.25, 0.3) is 0 Å². The average molecular weight is 278 g/mol. The molecule has 1 heterocycles. The number of rotatable bonds is 4. The molecule has 0 spiro atoms. The maximum Gasteiger partial charge on any atom is 0.106 e. The third-order valence-corrected chi connectivity index (χ3v) is 3.74. The van der Waals surface area contributed by atoms with Gasteiger partial charge in [-0.3, -0.25) is 0 Å². The van der Waals surface area contributed by atoms with Gasteiger partial charge in [0, 0.05) is 10.6 Å². The lowest BCUT2D eigenvalue weighted by atomic mass is 9.98. The van der Waals surface area contributed by atoms with Gasteiger partial charge in [-0.1, -0.05) is 30.7 Å². The number of benzene rings is 1. The van der Waals surface area contributed by atoms with Gasteiger partial charge >= 0.3 is 0 Å². The van der Waals surface area contributed by atoms with Crippen molar-refractivity contribution in [1.29, 1.82) is 0 Å². The summed E-state index contributed by atoms with van der Waals surface area (Å²) < 4.78 is 5.64. The van der Waals surface area contributed by atoms with Gasteiger partial charge in [-0.2, -0.15) is 0 Å². The molecule has 102 valence electrons. The summed E-state index contributed by atoms with van der Waals surface area (Å²) in [6.07, 6.45) is 0. The van der Waals surface area contributed by atoms with Crippen molar-refractivity contribution < 1.29 is 4.42 Å². The van der Waals surface area contributed by atoms with Crippen LogP contribution < -0.4 is 5.32 Å². The Morgan fingerprint density at radius 1 is 1.21 bits per heavy atom. The molecule has 1 aromatic heterocycles. The summed E-state index contributed by atoms with van der Waals surface area (Å²) in [4.78, 5) is 0. The number of hydrogen-bond acceptors (Lipinski definition) is 2. The zero-order valence-corrected chi connectivity index (χ0v) is 12.6. The second-order valence-electron chi connectivity index (χ2n) is 4.87. The Bertz CT molecular complexity index is 574. The molecule has 0 saturated heterocycles. The second-order valence-corrected chi connectivity index (χ2v) is 5.28. The molecule has 19 heavy (non-hydrogen) atoms. The van der Waals surface area contributed by atoms with E-state index < -0.39 is 0 Å². The minimum absolute atomic E-state index is 0.126. The quantitative estimate of drug-likeness (QED) is 0.886. The molecule has 0 saturated carbocycles. The van der Waals surface area contributed by atoms with E-state index in [9.17, 15) is 0 Å². The van der Waals surface area contributed by atoms with Crippen LogP contribution in [-0.4, -0.2) is 6.54 Å². The summed E-state index contributed by atoms with van der Waals surface area (Å²) in [7, 11) is 0. The van der Waals surface area contributed by atoms with Crippen molar-refractivity contribution in [2.24, 2.45) is 0 Å². The molecule has 3 heteroatoms. The van der Waals surface area contributed by atoms with Crippen molar-refractivity contribution in [1.82, 2.24) is 5.32 Å². The zero-order chi connectivity index (χ0) is 14.0. The van der Waals surface area contributed by atoms with Crippen LogP contribution in [0.2, 0.25) is 5.02 Å². The van der Waals surface area contributed by atoms with E-state index in [0.29, 0.717) is 0 Å². The lowest BCUT2D eigenvalue weighted by Crippen LogP contribution is -2.22. The Balaban J connectivity index is 2.44. The molecule has 1 atom stereocenters. The largest absolute Gasteiger partial charge is 0.466 e. The Labute approximate surface area is 119 Å². The average Bonchev–Trinajstić information content (AvgIpc) is 2.69. The van der Waals surface area contributed by atoms with E-state index in [-0.39, 0.29) is 6.04 Å². The van der Waals surface area contributed by atoms with Gasteiger partial charge in [-0.25, -0.2) is 0 Å². The minimum atomic E-state index is 0.126. The Hall–Kier alpha value is -1.25. The lowest BCUT2D eigenvalue weighted by molar-refractivity contribution is 0.495. The van der Waals surface area contributed by atoms with E-state index in [1.165, 1.54) is 11.1 Å². The molecule has 0 fully saturated rings. The number of hydrogen-bond donors (Lipinski definition) is 1. The fourth-order valence-electron chi connectivity index (χ4n) is 2.34. The standard InChI is InChI=1S/C16H20ClNO/c1-5-18-16(14-8-11(3)19-12(14)4)13-7-6-10(2)15(17)9-13/h6-9,16,18H,5H2,1-4H3. The highest BCUT2D eigenvalue weighted by atomic mass is 35.5. The van der Waals surface area contributed by atoms with E-state index in [0.717, 1.165) is 28.7 Å². The summed E-state index contributed by atoms with van der Waals surface area (Å²) in [5.74, 6) is 1.90. The Morgan fingerprint density at radius 3 is 2.47 bits per heavy atom. The maximum absolute atomic E-state index is 6.24. The predicted molar refractivity (Wildman–Crippen MR) is 79.9 cm³/mol. The summed E-state index contributed by atoms with van der Waals surface area (Å²) in [5.41, 5.74) is 3.45. The Kier molecular flexibility index (Phi) is 4.33. The van der Waals surface area contributed by atoms with Gasteiger partial charge in [0.1, 0.15) is 11.5 Å². The van der Waals surface area contributed by atoms with E-state index >= 15 is 0 Å². The zero-order valence-electron chi connectivity index (χ0n) is 11.9. The van der Waals surface area contributed by atoms with Gasteiger partial charge < -0.3 is 9.73 Å². The molecule has 0 aliphatic heterocycles. The van der Waals surface area contributed by atoms with Crippen LogP contribution in [0.25, 0.3) is 0 Å². The maximum atomic E-state index is 6.24. The van der Waals surface area contributed by atoms with Crippen LogP contribution in [0, 0.1) is 20.8 Å². The van der Waals surface area contributed by atoms with Crippen molar-refractivity contribution in [2.45, 2.75) is 33.7 Å². The third-order valence-electron chi connectivity index (χ3n) is 3.33. The number of aryl methyl sites for hydroxylation is 3. The van der Waals surface area contributed by atoms with Gasteiger partial charge in [0.2, 0.25) is 0 Å². The summed E-state index contributed by atoms with van der Waals surface area (Å²) in [5, 5.41) is 4.30. The first-order chi connectivity index (χ1) is 9.02. The van der Waals surface area contributed by atoms with Crippen molar-refractivity contribution in [3.8, 4) is 0 Å². The monoisotopic (exact) mass is 277 g/mol. The van der Waals surface area contributed by atoms with Gasteiger partial charge in [-0.05, 0) is 50.6 Å². The molecule has 0 aliphatic rings. The summed E-state index contributed by atoms with van der Waals surface area (Å²) in [6, 6.07) is 8.43. The van der Waals surface area contributed by atoms with Gasteiger partial charge in [-0.15, -0.1) is 0 Å². The smallest absolute Gasteiger partial charge is 0.106 e. The van der Waals surface area contributed by atoms with Gasteiger partial charge in [0.15, 0.2) is 0 Å². The molecule has 2 nitrogen and oxygen atoms in total. The van der Waals surface area contributed by atoms with Crippen LogP contribution in [0.4, 0.5) is 0 Å². The fraction of sp³-hybridized carbons (Fsp3) is 0.375. The van der Waals surface area contributed by atoms with Crippen molar-refractivity contribution in [2.75, 3.05) is 6.54 Å². The van der Waals surface area contributed by atoms with E-state index in [1.54, 1.807) is 0 Å². The number of halogens is 1. The van der Waals surface area contributed by atoms with Crippen LogP contribution >= 0.6 is 11.6 Å². The highest BCUT2D eigenvalue weighted by molar-refractivity contribution is 6.31. The molecule has 2 aromatic rings. The fourth-order valence-corrected chi connectivity index (χ4v) is 2.53. The molecule has 0 bridgehead atoms. The second kappa shape index (κ2) is 5.81. The van der Waals surface area contributed by atoms with Crippen LogP contribution in [0.1, 0.15) is 41.2 Å². The van der Waals surface area contributed by atoms with Crippen LogP contribution in [0.15, 0.2) is 28.7 Å². The molecule has 0 radical (unpaired) electrons. The molecule has 0 aliphatic carbocycles. The van der Waals surface area contributed by atoms with Crippen LogP contribution in [0.5, 0.6) is 0 Å². The number of nitrogens with one attached hydrogen (secondary N) is 1. The molecular weight excluding hydrogens is 258 g/mol. The first kappa shape index (κ1) is 14.2. The normalized spacial score (nSPS) is 12.7. The third kappa shape index (κ3) is 3.02. The van der Waals surface area contributed by atoms with E-state index in [2.05, 4.69) is 30.4 Å². The highest BCUT2D eigenvalue weighted by Crippen LogP contribution is 2.29. The first-order valence-corrected chi connectivity index (χ1v) is 6.97. The van der Waals surface area contributed by atoms with Crippen molar-refractivity contribution in [3.63, 3.8) is 0 Å². The van der Waals surface area contributed by atoms with Crippen molar-refractivity contribution >= 4 is 11.6 Å². The van der Waals surface area contributed by atoms with E-state index in [4.69, 9.17) is 16.0 Å². The minimum Gasteiger partial charge on any atom is -0.466 e. The summed E-state index contributed by atoms with van der Waals surface area (Å²) in [6.45, 7) is 8.98. The van der Waals surface area contributed by atoms with Crippen LogP contribution in [-0.2, 0) is 0 Å². The topological polar surface area (TPSA) is 25.2 Å². The predicted octanol–water partition coefficient (Wildman–Crippen LogP) is 4.56. The molecule has 1 unspecified atom stereocenters.